The van der Waals surface area contributed by atoms with Crippen LogP contribution in [0.2, 0.25) is 0 Å². The number of hydrogen-bond donors (Lipinski definition) is 2. The maximum Gasteiger partial charge on any atom is 0.272 e. The highest BCUT2D eigenvalue weighted by Gasteiger charge is 2.13. The van der Waals surface area contributed by atoms with E-state index in [4.69, 9.17) is 0 Å². The zero-order valence-corrected chi connectivity index (χ0v) is 9.56. The molecule has 1 aliphatic rings. The van der Waals surface area contributed by atoms with Crippen LogP contribution in [0.1, 0.15) is 11.1 Å². The molecule has 0 amide bonds. The molecule has 6 nitrogen and oxygen atoms in total. The van der Waals surface area contributed by atoms with Gasteiger partial charge in [-0.15, -0.1) is 0 Å². The lowest BCUT2D eigenvalue weighted by atomic mass is 10.1. The number of nitrogens with zero attached hydrogens (tertiary/aromatic N) is 2. The normalized spacial score (nSPS) is 14.1. The molecule has 1 aliphatic heterocycles. The Hall–Kier alpha value is -2.11. The molecule has 0 spiro atoms. The van der Waals surface area contributed by atoms with E-state index in [2.05, 4.69) is 15.6 Å². The van der Waals surface area contributed by atoms with E-state index in [-0.39, 0.29) is 10.6 Å². The smallest absolute Gasteiger partial charge is 0.272 e. The molecular weight excluding hydrogens is 220 g/mol. The molecule has 0 fully saturated rings. The quantitative estimate of drug-likeness (QED) is 0.603. The fourth-order valence-corrected chi connectivity index (χ4v) is 1.75. The van der Waals surface area contributed by atoms with Crippen molar-refractivity contribution in [2.75, 3.05) is 13.1 Å². The molecule has 0 atom stereocenters. The fraction of sp³-hybridized carbons (Fsp3) is 0.364. The maximum absolute atomic E-state index is 10.8. The van der Waals surface area contributed by atoms with E-state index in [0.29, 0.717) is 12.1 Å². The van der Waals surface area contributed by atoms with Gasteiger partial charge in [0.25, 0.3) is 5.69 Å². The van der Waals surface area contributed by atoms with Crippen LogP contribution in [0.25, 0.3) is 0 Å². The van der Waals surface area contributed by atoms with Crippen LogP contribution in [-0.4, -0.2) is 24.0 Å². The summed E-state index contributed by atoms with van der Waals surface area (Å²) in [6, 6.07) is 5.10. The fourth-order valence-electron chi connectivity index (χ4n) is 1.75. The highest BCUT2D eigenvalue weighted by atomic mass is 16.6. The van der Waals surface area contributed by atoms with Gasteiger partial charge in [-0.05, 0) is 12.5 Å². The molecule has 17 heavy (non-hydrogen) atoms. The number of hydrogen-bond acceptors (Lipinski definition) is 5. The Morgan fingerprint density at radius 2 is 2.41 bits per heavy atom. The molecule has 1 aromatic carbocycles. The molecule has 1 heterocycles. The first-order valence-electron chi connectivity index (χ1n) is 5.43. The van der Waals surface area contributed by atoms with Crippen LogP contribution in [0.5, 0.6) is 0 Å². The number of aliphatic imine (C=N–C) groups is 1. The third kappa shape index (κ3) is 2.52. The summed E-state index contributed by atoms with van der Waals surface area (Å²) in [6.45, 7) is 3.92. The number of nitro groups is 1. The Labute approximate surface area is 98.9 Å². The maximum atomic E-state index is 10.8. The number of rotatable bonds is 3. The lowest BCUT2D eigenvalue weighted by Crippen LogP contribution is -2.33. The minimum Gasteiger partial charge on any atom is -0.355 e. The number of benzene rings is 1. The lowest BCUT2D eigenvalue weighted by Gasteiger charge is -2.09. The zero-order valence-electron chi connectivity index (χ0n) is 9.56. The van der Waals surface area contributed by atoms with Crippen LogP contribution in [-0.2, 0) is 6.54 Å². The average molecular weight is 234 g/mol. The van der Waals surface area contributed by atoms with Crippen molar-refractivity contribution in [2.45, 2.75) is 13.5 Å². The van der Waals surface area contributed by atoms with Crippen molar-refractivity contribution in [3.05, 3.63) is 39.4 Å². The van der Waals surface area contributed by atoms with Crippen LogP contribution in [0.15, 0.2) is 23.2 Å². The summed E-state index contributed by atoms with van der Waals surface area (Å²) in [6.07, 6.45) is 0. The Kier molecular flexibility index (Phi) is 3.22. The summed E-state index contributed by atoms with van der Waals surface area (Å²) < 4.78 is 0. The summed E-state index contributed by atoms with van der Waals surface area (Å²) >= 11 is 0. The van der Waals surface area contributed by atoms with Crippen molar-refractivity contribution in [2.24, 2.45) is 4.99 Å². The Morgan fingerprint density at radius 3 is 3.06 bits per heavy atom. The SMILES string of the molecule is Cc1c(CNC2=NCCN2)cccc1[N+](=O)[O-]. The molecule has 0 aliphatic carbocycles. The standard InChI is InChI=1S/C11H14N4O2/c1-8-9(3-2-4-10(8)15(16)17)7-14-11-12-5-6-13-11/h2-4H,5-7H2,1H3,(H2,12,13,14). The van der Waals surface area contributed by atoms with Crippen LogP contribution in [0.3, 0.4) is 0 Å². The van der Waals surface area contributed by atoms with Gasteiger partial charge in [0.1, 0.15) is 0 Å². The molecule has 6 heteroatoms. The summed E-state index contributed by atoms with van der Waals surface area (Å²) in [5.41, 5.74) is 1.77. The van der Waals surface area contributed by atoms with Gasteiger partial charge >= 0.3 is 0 Å². The Morgan fingerprint density at radius 1 is 1.59 bits per heavy atom. The summed E-state index contributed by atoms with van der Waals surface area (Å²) in [7, 11) is 0. The molecule has 2 N–H and O–H groups in total. The van der Waals surface area contributed by atoms with Gasteiger partial charge < -0.3 is 10.6 Å². The summed E-state index contributed by atoms with van der Waals surface area (Å²) in [4.78, 5) is 14.6. The minimum absolute atomic E-state index is 0.158. The van der Waals surface area contributed by atoms with Crippen molar-refractivity contribution >= 4 is 11.6 Å². The van der Waals surface area contributed by atoms with Crippen molar-refractivity contribution < 1.29 is 4.92 Å². The second kappa shape index (κ2) is 4.82. The lowest BCUT2D eigenvalue weighted by molar-refractivity contribution is -0.385. The zero-order chi connectivity index (χ0) is 12.3. The highest BCUT2D eigenvalue weighted by molar-refractivity contribution is 5.81. The Bertz CT molecular complexity index is 471. The van der Waals surface area contributed by atoms with Gasteiger partial charge in [0.15, 0.2) is 5.96 Å². The van der Waals surface area contributed by atoms with Gasteiger partial charge in [0.2, 0.25) is 0 Å². The van der Waals surface area contributed by atoms with E-state index in [1.807, 2.05) is 6.07 Å². The number of nitrogens with one attached hydrogen (secondary N) is 2. The first kappa shape index (κ1) is 11.4. The van der Waals surface area contributed by atoms with Gasteiger partial charge in [-0.1, -0.05) is 12.1 Å². The minimum atomic E-state index is -0.357. The summed E-state index contributed by atoms with van der Waals surface area (Å²) in [5, 5.41) is 17.0. The second-order valence-electron chi connectivity index (χ2n) is 3.83. The molecule has 0 aromatic heterocycles. The van der Waals surface area contributed by atoms with Gasteiger partial charge in [0, 0.05) is 24.7 Å². The van der Waals surface area contributed by atoms with E-state index in [1.165, 1.54) is 6.07 Å². The number of nitro benzene ring substituents is 1. The molecular formula is C11H14N4O2. The second-order valence-corrected chi connectivity index (χ2v) is 3.83. The predicted octanol–water partition coefficient (Wildman–Crippen LogP) is 0.952. The van der Waals surface area contributed by atoms with E-state index in [1.54, 1.807) is 13.0 Å². The molecule has 1 aromatic rings. The summed E-state index contributed by atoms with van der Waals surface area (Å²) in [5.74, 6) is 0.760. The topological polar surface area (TPSA) is 79.6 Å². The van der Waals surface area contributed by atoms with Crippen molar-refractivity contribution in [1.82, 2.24) is 10.6 Å². The van der Waals surface area contributed by atoms with Gasteiger partial charge in [0.05, 0.1) is 11.5 Å². The van der Waals surface area contributed by atoms with Gasteiger partial charge in [-0.3, -0.25) is 15.1 Å². The molecule has 2 rings (SSSR count). The van der Waals surface area contributed by atoms with Crippen molar-refractivity contribution in [1.29, 1.82) is 0 Å². The van der Waals surface area contributed by atoms with Crippen LogP contribution in [0.4, 0.5) is 5.69 Å². The van der Waals surface area contributed by atoms with E-state index >= 15 is 0 Å². The van der Waals surface area contributed by atoms with Crippen LogP contribution in [0, 0.1) is 17.0 Å². The van der Waals surface area contributed by atoms with Gasteiger partial charge in [-0.25, -0.2) is 0 Å². The van der Waals surface area contributed by atoms with Crippen LogP contribution < -0.4 is 10.6 Å². The average Bonchev–Trinajstić information content (AvgIpc) is 2.80. The van der Waals surface area contributed by atoms with E-state index in [0.717, 1.165) is 24.6 Å². The molecule has 0 unspecified atom stereocenters. The number of guanidine groups is 1. The van der Waals surface area contributed by atoms with E-state index < -0.39 is 0 Å². The molecule has 0 radical (unpaired) electrons. The van der Waals surface area contributed by atoms with Crippen LogP contribution >= 0.6 is 0 Å². The first-order valence-corrected chi connectivity index (χ1v) is 5.43. The molecule has 0 saturated carbocycles. The molecule has 0 saturated heterocycles. The highest BCUT2D eigenvalue weighted by Crippen LogP contribution is 2.20. The van der Waals surface area contributed by atoms with Crippen molar-refractivity contribution in [3.8, 4) is 0 Å². The Balaban J connectivity index is 2.10. The third-order valence-corrected chi connectivity index (χ3v) is 2.73. The van der Waals surface area contributed by atoms with E-state index in [9.17, 15) is 10.1 Å². The van der Waals surface area contributed by atoms with Gasteiger partial charge in [-0.2, -0.15) is 0 Å². The molecule has 0 bridgehead atoms. The predicted molar refractivity (Wildman–Crippen MR) is 65.0 cm³/mol. The van der Waals surface area contributed by atoms with Crippen molar-refractivity contribution in [3.63, 3.8) is 0 Å². The first-order chi connectivity index (χ1) is 8.18. The largest absolute Gasteiger partial charge is 0.355 e. The molecule has 90 valence electrons. The monoisotopic (exact) mass is 234 g/mol. The third-order valence-electron chi connectivity index (χ3n) is 2.73.